The van der Waals surface area contributed by atoms with Crippen LogP contribution in [-0.4, -0.2) is 17.2 Å². The zero-order valence-electron chi connectivity index (χ0n) is 20.4. The zero-order valence-corrected chi connectivity index (χ0v) is 21.4. The van der Waals surface area contributed by atoms with Crippen molar-refractivity contribution in [3.8, 4) is 0 Å². The molecule has 0 aliphatic heterocycles. The summed E-state index contributed by atoms with van der Waals surface area (Å²) in [6, 6.07) is 27.5. The lowest BCUT2D eigenvalue weighted by molar-refractivity contribution is 0.970. The molecule has 0 spiro atoms. The SMILES string of the molecule is CC[Si](CC)(CC)c1cc2cc3c(ccc4c5cc6ccn(C)c6cc5ccc34)cc2n1C. The van der Waals surface area contributed by atoms with Gasteiger partial charge in [-0.1, -0.05) is 63.2 Å². The van der Waals surface area contributed by atoms with Crippen LogP contribution in [0.1, 0.15) is 20.8 Å². The van der Waals surface area contributed by atoms with Gasteiger partial charge >= 0.3 is 0 Å². The highest BCUT2D eigenvalue weighted by Gasteiger charge is 2.32. The Labute approximate surface area is 196 Å². The Morgan fingerprint density at radius 1 is 0.576 bits per heavy atom. The second-order valence-electron chi connectivity index (χ2n) is 9.85. The first-order chi connectivity index (χ1) is 16.0. The molecular formula is C30H32N2Si. The highest BCUT2D eigenvalue weighted by atomic mass is 28.3. The summed E-state index contributed by atoms with van der Waals surface area (Å²) < 4.78 is 4.71. The molecular weight excluding hydrogens is 416 g/mol. The quantitative estimate of drug-likeness (QED) is 0.192. The molecule has 6 aromatic rings. The summed E-state index contributed by atoms with van der Waals surface area (Å²) in [5.74, 6) is 0. The molecule has 2 nitrogen and oxygen atoms in total. The Bertz CT molecular complexity index is 1690. The maximum Gasteiger partial charge on any atom is 0.107 e. The van der Waals surface area contributed by atoms with E-state index in [0.717, 1.165) is 0 Å². The van der Waals surface area contributed by atoms with Crippen LogP contribution >= 0.6 is 0 Å². The molecule has 0 N–H and O–H groups in total. The van der Waals surface area contributed by atoms with Crippen LogP contribution < -0.4 is 5.32 Å². The van der Waals surface area contributed by atoms with Gasteiger partial charge in [-0.2, -0.15) is 0 Å². The van der Waals surface area contributed by atoms with E-state index in [0.29, 0.717) is 0 Å². The van der Waals surface area contributed by atoms with Crippen molar-refractivity contribution >= 4 is 67.5 Å². The number of rotatable bonds is 4. The van der Waals surface area contributed by atoms with Crippen LogP contribution in [-0.2, 0) is 14.1 Å². The van der Waals surface area contributed by atoms with Gasteiger partial charge in [-0.25, -0.2) is 0 Å². The van der Waals surface area contributed by atoms with Gasteiger partial charge in [0.25, 0.3) is 0 Å². The molecule has 0 radical (unpaired) electrons. The second-order valence-corrected chi connectivity index (χ2v) is 15.0. The molecule has 33 heavy (non-hydrogen) atoms. The molecule has 0 aliphatic carbocycles. The number of aryl methyl sites for hydroxylation is 2. The summed E-state index contributed by atoms with van der Waals surface area (Å²) in [6.45, 7) is 7.20. The second kappa shape index (κ2) is 7.23. The van der Waals surface area contributed by atoms with Gasteiger partial charge in [-0.15, -0.1) is 0 Å². The summed E-state index contributed by atoms with van der Waals surface area (Å²) in [5, 5.41) is 12.4. The maximum absolute atomic E-state index is 2.52. The summed E-state index contributed by atoms with van der Waals surface area (Å²) in [6.07, 6.45) is 2.15. The van der Waals surface area contributed by atoms with Crippen LogP contribution in [0.4, 0.5) is 0 Å². The number of nitrogens with zero attached hydrogens (tertiary/aromatic N) is 2. The fourth-order valence-corrected chi connectivity index (χ4v) is 10.2. The van der Waals surface area contributed by atoms with Crippen LogP contribution in [0.3, 0.4) is 0 Å². The fourth-order valence-electron chi connectivity index (χ4n) is 6.27. The predicted octanol–water partition coefficient (Wildman–Crippen LogP) is 7.85. The van der Waals surface area contributed by atoms with E-state index < -0.39 is 8.07 Å². The molecule has 0 unspecified atom stereocenters. The Hall–Kier alpha value is -3.04. The summed E-state index contributed by atoms with van der Waals surface area (Å²) >= 11 is 0. The van der Waals surface area contributed by atoms with Gasteiger partial charge in [0.2, 0.25) is 0 Å². The van der Waals surface area contributed by atoms with Crippen LogP contribution in [0, 0.1) is 0 Å². The third-order valence-electron chi connectivity index (χ3n) is 8.57. The Kier molecular flexibility index (Phi) is 4.50. The van der Waals surface area contributed by atoms with Crippen LogP contribution in [0.25, 0.3) is 54.1 Å². The summed E-state index contributed by atoms with van der Waals surface area (Å²) in [5.41, 5.74) is 2.66. The molecule has 0 bridgehead atoms. The highest BCUT2D eigenvalue weighted by Crippen LogP contribution is 2.36. The number of hydrogen-bond acceptors (Lipinski definition) is 0. The predicted molar refractivity (Wildman–Crippen MR) is 149 cm³/mol. The maximum atomic E-state index is 2.52. The van der Waals surface area contributed by atoms with Crippen molar-refractivity contribution in [2.75, 3.05) is 0 Å². The van der Waals surface area contributed by atoms with Gasteiger partial charge in [0, 0.05) is 47.4 Å². The van der Waals surface area contributed by atoms with Gasteiger partial charge in [0.1, 0.15) is 8.07 Å². The lowest BCUT2D eigenvalue weighted by atomic mass is 9.95. The van der Waals surface area contributed by atoms with Crippen LogP contribution in [0.5, 0.6) is 0 Å². The molecule has 0 amide bonds. The zero-order chi connectivity index (χ0) is 22.9. The van der Waals surface area contributed by atoms with E-state index in [9.17, 15) is 0 Å². The molecule has 2 aromatic heterocycles. The molecule has 0 aliphatic rings. The van der Waals surface area contributed by atoms with E-state index in [1.807, 2.05) is 0 Å². The lowest BCUT2D eigenvalue weighted by Gasteiger charge is -2.28. The van der Waals surface area contributed by atoms with Gasteiger partial charge in [-0.3, -0.25) is 0 Å². The van der Waals surface area contributed by atoms with Crippen molar-refractivity contribution in [2.45, 2.75) is 38.9 Å². The molecule has 6 rings (SSSR count). The number of aromatic nitrogens is 2. The molecule has 3 heteroatoms. The van der Waals surface area contributed by atoms with Gasteiger partial charge in [0.15, 0.2) is 0 Å². The number of hydrogen-bond donors (Lipinski definition) is 0. The Morgan fingerprint density at radius 3 is 1.76 bits per heavy atom. The Balaban J connectivity index is 1.66. The minimum absolute atomic E-state index is 1.29. The summed E-state index contributed by atoms with van der Waals surface area (Å²) in [4.78, 5) is 0. The van der Waals surface area contributed by atoms with Gasteiger partial charge in [0.05, 0.1) is 0 Å². The first kappa shape index (κ1) is 20.6. The van der Waals surface area contributed by atoms with E-state index in [-0.39, 0.29) is 0 Å². The van der Waals surface area contributed by atoms with Crippen molar-refractivity contribution in [2.24, 2.45) is 14.1 Å². The molecule has 2 heterocycles. The van der Waals surface area contributed by atoms with Crippen molar-refractivity contribution in [1.29, 1.82) is 0 Å². The minimum Gasteiger partial charge on any atom is -0.352 e. The molecule has 0 saturated carbocycles. The van der Waals surface area contributed by atoms with Crippen molar-refractivity contribution in [3.63, 3.8) is 0 Å². The van der Waals surface area contributed by atoms with Crippen molar-refractivity contribution in [1.82, 2.24) is 9.13 Å². The van der Waals surface area contributed by atoms with E-state index >= 15 is 0 Å². The normalized spacial score (nSPS) is 12.8. The first-order valence-corrected chi connectivity index (χ1v) is 15.0. The first-order valence-electron chi connectivity index (χ1n) is 12.3. The van der Waals surface area contributed by atoms with E-state index in [1.54, 1.807) is 5.32 Å². The van der Waals surface area contributed by atoms with Crippen LogP contribution in [0.2, 0.25) is 18.1 Å². The smallest absolute Gasteiger partial charge is 0.107 e. The average Bonchev–Trinajstić information content (AvgIpc) is 3.37. The van der Waals surface area contributed by atoms with E-state index in [4.69, 9.17) is 0 Å². The third-order valence-corrected chi connectivity index (χ3v) is 14.2. The van der Waals surface area contributed by atoms with Gasteiger partial charge < -0.3 is 9.13 Å². The van der Waals surface area contributed by atoms with Gasteiger partial charge in [-0.05, 0) is 68.7 Å². The molecule has 0 saturated heterocycles. The molecule has 0 fully saturated rings. The summed E-state index contributed by atoms with van der Waals surface area (Å²) in [7, 11) is 2.95. The number of benzene rings is 4. The van der Waals surface area contributed by atoms with E-state index in [1.165, 1.54) is 72.3 Å². The third kappa shape index (κ3) is 2.78. The van der Waals surface area contributed by atoms with E-state index in [2.05, 4.69) is 111 Å². The Morgan fingerprint density at radius 2 is 1.15 bits per heavy atom. The largest absolute Gasteiger partial charge is 0.352 e. The minimum atomic E-state index is -1.45. The van der Waals surface area contributed by atoms with Crippen molar-refractivity contribution in [3.05, 3.63) is 66.9 Å². The van der Waals surface area contributed by atoms with Crippen molar-refractivity contribution < 1.29 is 0 Å². The van der Waals surface area contributed by atoms with Crippen LogP contribution in [0.15, 0.2) is 66.9 Å². The standard InChI is InChI=1S/C30H32N2Si/c1-6-33(7-2,8-3)30-19-23-16-27-21(18-29(23)32(30)5)10-12-24-25(27)11-9-20-17-28-22(15-26(20)24)13-14-31(28)4/h9-19H,6-8H2,1-5H3. The lowest BCUT2D eigenvalue weighted by Crippen LogP contribution is -2.48. The fraction of sp³-hybridized carbons (Fsp3) is 0.267. The highest BCUT2D eigenvalue weighted by molar-refractivity contribution is 6.91. The molecule has 0 atom stereocenters. The average molecular weight is 449 g/mol. The topological polar surface area (TPSA) is 9.86 Å². The number of fused-ring (bicyclic) bond motifs is 7. The monoisotopic (exact) mass is 448 g/mol. The molecule has 166 valence electrons. The molecule has 4 aromatic carbocycles.